The van der Waals surface area contributed by atoms with E-state index < -0.39 is 0 Å². The van der Waals surface area contributed by atoms with Crippen molar-refractivity contribution >= 4 is 28.3 Å². The number of hydrogen-bond acceptors (Lipinski definition) is 3. The van der Waals surface area contributed by atoms with E-state index in [1.807, 2.05) is 13.0 Å². The molecular weight excluding hydrogens is 401 g/mol. The van der Waals surface area contributed by atoms with E-state index in [-0.39, 0.29) is 0 Å². The lowest BCUT2D eigenvalue weighted by molar-refractivity contribution is 0.295. The average molecular weight is 423 g/mol. The molecule has 0 aromatic heterocycles. The molecule has 0 aliphatic rings. The van der Waals surface area contributed by atoms with Gasteiger partial charge in [-0.25, -0.2) is 0 Å². The van der Waals surface area contributed by atoms with Crippen LogP contribution >= 0.6 is 22.6 Å². The van der Waals surface area contributed by atoms with Crippen LogP contribution in [0.15, 0.2) is 49.1 Å². The average Bonchev–Trinajstić information content (AvgIpc) is 2.54. The van der Waals surface area contributed by atoms with E-state index in [1.165, 1.54) is 5.56 Å². The summed E-state index contributed by atoms with van der Waals surface area (Å²) in [6.07, 6.45) is 1.73. The topological polar surface area (TPSA) is 30.5 Å². The Bertz CT molecular complexity index is 653. The Morgan fingerprint density at radius 3 is 2.57 bits per heavy atom. The summed E-state index contributed by atoms with van der Waals surface area (Å²) >= 11 is 2.28. The molecule has 0 radical (unpaired) electrons. The second-order valence-electron chi connectivity index (χ2n) is 5.16. The number of hydrogen-bond donors (Lipinski definition) is 1. The van der Waals surface area contributed by atoms with Crippen LogP contribution in [0.2, 0.25) is 0 Å². The molecule has 0 atom stereocenters. The maximum absolute atomic E-state index is 5.73. The van der Waals surface area contributed by atoms with Gasteiger partial charge in [-0.3, -0.25) is 0 Å². The highest BCUT2D eigenvalue weighted by Crippen LogP contribution is 2.34. The Kier molecular flexibility index (Phi) is 6.77. The molecule has 0 aliphatic heterocycles. The first-order valence-corrected chi connectivity index (χ1v) is 8.71. The molecule has 0 saturated carbocycles. The van der Waals surface area contributed by atoms with Crippen molar-refractivity contribution in [2.24, 2.45) is 0 Å². The van der Waals surface area contributed by atoms with Gasteiger partial charge in [0, 0.05) is 12.2 Å². The fourth-order valence-corrected chi connectivity index (χ4v) is 2.97. The molecule has 2 rings (SSSR count). The molecule has 0 bridgehead atoms. The maximum atomic E-state index is 5.73. The summed E-state index contributed by atoms with van der Waals surface area (Å²) in [7, 11) is 0. The zero-order valence-corrected chi connectivity index (χ0v) is 15.7. The third-order valence-corrected chi connectivity index (χ3v) is 4.06. The number of ether oxygens (including phenoxy) is 2. The van der Waals surface area contributed by atoms with Crippen LogP contribution in [-0.2, 0) is 6.54 Å². The summed E-state index contributed by atoms with van der Waals surface area (Å²) in [5.41, 5.74) is 3.52. The number of benzene rings is 2. The summed E-state index contributed by atoms with van der Waals surface area (Å²) < 4.78 is 12.5. The van der Waals surface area contributed by atoms with Crippen LogP contribution in [0.3, 0.4) is 0 Å². The van der Waals surface area contributed by atoms with Gasteiger partial charge in [-0.1, -0.05) is 30.4 Å². The van der Waals surface area contributed by atoms with Gasteiger partial charge in [0.05, 0.1) is 10.2 Å². The van der Waals surface area contributed by atoms with Crippen LogP contribution in [0.5, 0.6) is 11.5 Å². The third kappa shape index (κ3) is 5.16. The molecule has 23 heavy (non-hydrogen) atoms. The van der Waals surface area contributed by atoms with Gasteiger partial charge in [-0.2, -0.15) is 0 Å². The smallest absolute Gasteiger partial charge is 0.174 e. The van der Waals surface area contributed by atoms with Crippen molar-refractivity contribution in [3.8, 4) is 11.5 Å². The zero-order valence-electron chi connectivity index (χ0n) is 13.6. The number of rotatable bonds is 8. The minimum absolute atomic E-state index is 0.469. The van der Waals surface area contributed by atoms with Gasteiger partial charge in [-0.15, -0.1) is 0 Å². The minimum atomic E-state index is 0.469. The standard InChI is InChI=1S/C19H22INO2/c1-4-10-23-19-17(20)11-15(12-18(19)22-5-2)13-21-16-8-6-14(3)7-9-16/h4,6-9,11-12,21H,1,5,10,13H2,2-3H3. The molecule has 1 N–H and O–H groups in total. The number of anilines is 1. The van der Waals surface area contributed by atoms with Crippen LogP contribution in [0, 0.1) is 10.5 Å². The fraction of sp³-hybridized carbons (Fsp3) is 0.263. The summed E-state index contributed by atoms with van der Waals surface area (Å²) in [5, 5.41) is 3.43. The molecule has 0 spiro atoms. The van der Waals surface area contributed by atoms with Crippen molar-refractivity contribution in [1.29, 1.82) is 0 Å². The van der Waals surface area contributed by atoms with Gasteiger partial charge in [0.25, 0.3) is 0 Å². The molecule has 0 unspecified atom stereocenters. The van der Waals surface area contributed by atoms with Gasteiger partial charge >= 0.3 is 0 Å². The summed E-state index contributed by atoms with van der Waals surface area (Å²) in [5.74, 6) is 1.56. The third-order valence-electron chi connectivity index (χ3n) is 3.26. The molecule has 0 heterocycles. The number of halogens is 1. The first kappa shape index (κ1) is 17.7. The fourth-order valence-electron chi connectivity index (χ4n) is 2.14. The molecule has 3 nitrogen and oxygen atoms in total. The van der Waals surface area contributed by atoms with E-state index >= 15 is 0 Å². The maximum Gasteiger partial charge on any atom is 0.174 e. The molecule has 122 valence electrons. The van der Waals surface area contributed by atoms with E-state index in [1.54, 1.807) is 6.08 Å². The van der Waals surface area contributed by atoms with Crippen molar-refractivity contribution in [2.75, 3.05) is 18.5 Å². The lowest BCUT2D eigenvalue weighted by Gasteiger charge is -2.15. The van der Waals surface area contributed by atoms with Crippen molar-refractivity contribution in [3.05, 3.63) is 63.8 Å². The van der Waals surface area contributed by atoms with Crippen molar-refractivity contribution < 1.29 is 9.47 Å². The molecule has 0 fully saturated rings. The minimum Gasteiger partial charge on any atom is -0.490 e. The molecule has 2 aromatic carbocycles. The van der Waals surface area contributed by atoms with Crippen molar-refractivity contribution in [1.82, 2.24) is 0 Å². The highest BCUT2D eigenvalue weighted by atomic mass is 127. The highest BCUT2D eigenvalue weighted by molar-refractivity contribution is 14.1. The van der Waals surface area contributed by atoms with Crippen LogP contribution in [-0.4, -0.2) is 13.2 Å². The van der Waals surface area contributed by atoms with E-state index in [0.29, 0.717) is 13.2 Å². The quantitative estimate of drug-likeness (QED) is 0.469. The highest BCUT2D eigenvalue weighted by Gasteiger charge is 2.12. The largest absolute Gasteiger partial charge is 0.490 e. The van der Waals surface area contributed by atoms with E-state index in [9.17, 15) is 0 Å². The Morgan fingerprint density at radius 1 is 1.17 bits per heavy atom. The van der Waals surface area contributed by atoms with Crippen LogP contribution in [0.25, 0.3) is 0 Å². The van der Waals surface area contributed by atoms with Crippen LogP contribution in [0.4, 0.5) is 5.69 Å². The van der Waals surface area contributed by atoms with E-state index in [2.05, 4.69) is 71.7 Å². The first-order chi connectivity index (χ1) is 11.1. The van der Waals surface area contributed by atoms with Crippen molar-refractivity contribution in [3.63, 3.8) is 0 Å². The molecule has 0 aliphatic carbocycles. The SMILES string of the molecule is C=CCOc1c(I)cc(CNc2ccc(C)cc2)cc1OCC. The van der Waals surface area contributed by atoms with Crippen LogP contribution < -0.4 is 14.8 Å². The molecule has 2 aromatic rings. The predicted octanol–water partition coefficient (Wildman–Crippen LogP) is 5.18. The molecule has 0 saturated heterocycles. The second kappa shape index (κ2) is 8.82. The van der Waals surface area contributed by atoms with Gasteiger partial charge in [0.2, 0.25) is 0 Å². The second-order valence-corrected chi connectivity index (χ2v) is 6.32. The summed E-state index contributed by atoms with van der Waals surface area (Å²) in [6.45, 7) is 9.56. The molecule has 0 amide bonds. The first-order valence-electron chi connectivity index (χ1n) is 7.63. The number of nitrogens with one attached hydrogen (secondary N) is 1. The Labute approximate surface area is 151 Å². The summed E-state index contributed by atoms with van der Waals surface area (Å²) in [6, 6.07) is 12.5. The number of aryl methyl sites for hydroxylation is 1. The van der Waals surface area contributed by atoms with Gasteiger partial charge in [0.15, 0.2) is 11.5 Å². The van der Waals surface area contributed by atoms with Crippen LogP contribution in [0.1, 0.15) is 18.1 Å². The lowest BCUT2D eigenvalue weighted by Crippen LogP contribution is -2.04. The normalized spacial score (nSPS) is 10.2. The van der Waals surface area contributed by atoms with E-state index in [0.717, 1.165) is 32.9 Å². The van der Waals surface area contributed by atoms with Gasteiger partial charge in [-0.05, 0) is 66.3 Å². The molecular formula is C19H22INO2. The van der Waals surface area contributed by atoms with Gasteiger partial charge < -0.3 is 14.8 Å². The Hall–Kier alpha value is -1.69. The summed E-state index contributed by atoms with van der Waals surface area (Å²) in [4.78, 5) is 0. The Morgan fingerprint density at radius 2 is 1.91 bits per heavy atom. The monoisotopic (exact) mass is 423 g/mol. The van der Waals surface area contributed by atoms with E-state index in [4.69, 9.17) is 9.47 Å². The lowest BCUT2D eigenvalue weighted by atomic mass is 10.2. The predicted molar refractivity (Wildman–Crippen MR) is 105 cm³/mol. The van der Waals surface area contributed by atoms with Crippen molar-refractivity contribution in [2.45, 2.75) is 20.4 Å². The Balaban J connectivity index is 2.15. The molecule has 4 heteroatoms. The zero-order chi connectivity index (χ0) is 16.7. The van der Waals surface area contributed by atoms with Gasteiger partial charge in [0.1, 0.15) is 6.61 Å².